The van der Waals surface area contributed by atoms with Crippen molar-refractivity contribution in [3.63, 3.8) is 0 Å². The highest BCUT2D eigenvalue weighted by molar-refractivity contribution is 6.03. The van der Waals surface area contributed by atoms with Crippen LogP contribution >= 0.6 is 0 Å². The number of pyridine rings is 1. The molecule has 3 rings (SSSR count). The van der Waals surface area contributed by atoms with Crippen LogP contribution in [0, 0.1) is 6.92 Å². The molecular weight excluding hydrogens is 280 g/mol. The predicted molar refractivity (Wildman–Crippen MR) is 84.1 cm³/mol. The van der Waals surface area contributed by atoms with Crippen molar-refractivity contribution < 1.29 is 9.59 Å². The summed E-state index contributed by atoms with van der Waals surface area (Å²) in [6.07, 6.45) is 0. The van der Waals surface area contributed by atoms with Crippen molar-refractivity contribution in [2.75, 3.05) is 23.3 Å². The third-order valence-electron chi connectivity index (χ3n) is 3.41. The maximum Gasteiger partial charge on any atom is 0.321 e. The number of aromatic nitrogens is 1. The van der Waals surface area contributed by atoms with E-state index in [1.807, 2.05) is 25.1 Å². The van der Waals surface area contributed by atoms with Gasteiger partial charge in [-0.1, -0.05) is 6.07 Å². The van der Waals surface area contributed by atoms with Gasteiger partial charge in [0.1, 0.15) is 5.69 Å². The molecule has 0 aliphatic carbocycles. The van der Waals surface area contributed by atoms with Crippen LogP contribution in [-0.2, 0) is 0 Å². The van der Waals surface area contributed by atoms with Crippen LogP contribution in [0.15, 0.2) is 42.5 Å². The molecule has 22 heavy (non-hydrogen) atoms. The summed E-state index contributed by atoms with van der Waals surface area (Å²) in [5.74, 6) is -0.254. The Labute approximate surface area is 128 Å². The zero-order chi connectivity index (χ0) is 15.5. The number of hydrogen-bond acceptors (Lipinski definition) is 3. The number of benzene rings is 1. The highest BCUT2D eigenvalue weighted by atomic mass is 16.2. The summed E-state index contributed by atoms with van der Waals surface area (Å²) >= 11 is 0. The fourth-order valence-electron chi connectivity index (χ4n) is 2.31. The lowest BCUT2D eigenvalue weighted by atomic mass is 10.2. The van der Waals surface area contributed by atoms with E-state index in [0.29, 0.717) is 24.5 Å². The van der Waals surface area contributed by atoms with E-state index in [0.717, 1.165) is 11.4 Å². The molecule has 0 saturated carbocycles. The Bertz CT molecular complexity index is 712. The third kappa shape index (κ3) is 2.90. The molecule has 2 aromatic rings. The molecule has 1 aliphatic heterocycles. The normalized spacial score (nSPS) is 13.9. The molecule has 0 unspecified atom stereocenters. The highest BCUT2D eigenvalue weighted by Gasteiger charge is 2.20. The first kappa shape index (κ1) is 14.1. The van der Waals surface area contributed by atoms with Gasteiger partial charge in [0.05, 0.1) is 0 Å². The second-order valence-electron chi connectivity index (χ2n) is 5.05. The van der Waals surface area contributed by atoms with Crippen LogP contribution in [0.25, 0.3) is 0 Å². The van der Waals surface area contributed by atoms with Crippen molar-refractivity contribution >= 4 is 23.3 Å². The Morgan fingerprint density at radius 3 is 2.64 bits per heavy atom. The number of anilines is 2. The Kier molecular flexibility index (Phi) is 3.74. The van der Waals surface area contributed by atoms with Crippen LogP contribution in [0.4, 0.5) is 16.2 Å². The average Bonchev–Trinajstić information content (AvgIpc) is 2.94. The summed E-state index contributed by atoms with van der Waals surface area (Å²) in [4.78, 5) is 29.5. The fourth-order valence-corrected chi connectivity index (χ4v) is 2.31. The summed E-state index contributed by atoms with van der Waals surface area (Å²) < 4.78 is 0. The number of aryl methyl sites for hydroxylation is 1. The van der Waals surface area contributed by atoms with Crippen molar-refractivity contribution in [3.8, 4) is 0 Å². The molecule has 6 heteroatoms. The van der Waals surface area contributed by atoms with E-state index in [1.54, 1.807) is 29.2 Å². The van der Waals surface area contributed by atoms with Crippen LogP contribution in [-0.4, -0.2) is 30.0 Å². The molecule has 1 aromatic heterocycles. The van der Waals surface area contributed by atoms with Gasteiger partial charge in [0.2, 0.25) is 0 Å². The quantitative estimate of drug-likeness (QED) is 0.911. The molecule has 1 aliphatic rings. The van der Waals surface area contributed by atoms with E-state index < -0.39 is 0 Å². The molecule has 0 atom stereocenters. The molecule has 0 radical (unpaired) electrons. The van der Waals surface area contributed by atoms with E-state index in [2.05, 4.69) is 15.6 Å². The van der Waals surface area contributed by atoms with Crippen molar-refractivity contribution in [3.05, 3.63) is 53.9 Å². The second kappa shape index (κ2) is 5.85. The first-order valence-corrected chi connectivity index (χ1v) is 7.04. The van der Waals surface area contributed by atoms with Crippen LogP contribution in [0.5, 0.6) is 0 Å². The molecule has 3 amide bonds. The minimum Gasteiger partial charge on any atom is -0.336 e. The topological polar surface area (TPSA) is 74.3 Å². The Morgan fingerprint density at radius 1 is 1.23 bits per heavy atom. The average molecular weight is 296 g/mol. The van der Waals surface area contributed by atoms with Gasteiger partial charge in [-0.05, 0) is 43.3 Å². The fraction of sp³-hybridized carbons (Fsp3) is 0.188. The molecule has 0 spiro atoms. The minimum absolute atomic E-state index is 0.0965. The monoisotopic (exact) mass is 296 g/mol. The number of hydrogen-bond donors (Lipinski definition) is 2. The van der Waals surface area contributed by atoms with E-state index in [9.17, 15) is 9.59 Å². The number of nitrogens with zero attached hydrogens (tertiary/aromatic N) is 2. The van der Waals surface area contributed by atoms with Crippen molar-refractivity contribution in [2.24, 2.45) is 0 Å². The Morgan fingerprint density at radius 2 is 2.00 bits per heavy atom. The standard InChI is InChI=1S/C16H16N4O2/c1-11-3-2-4-14(18-11)15(21)19-12-5-7-13(8-6-12)20-10-9-17-16(20)22/h2-8H,9-10H2,1H3,(H,17,22)(H,19,21). The second-order valence-corrected chi connectivity index (χ2v) is 5.05. The first-order valence-electron chi connectivity index (χ1n) is 7.04. The largest absolute Gasteiger partial charge is 0.336 e. The zero-order valence-corrected chi connectivity index (χ0v) is 12.2. The summed E-state index contributed by atoms with van der Waals surface area (Å²) in [5.41, 5.74) is 2.64. The summed E-state index contributed by atoms with van der Waals surface area (Å²) in [6, 6.07) is 12.4. The molecular formula is C16H16N4O2. The predicted octanol–water partition coefficient (Wildman–Crippen LogP) is 2.17. The lowest BCUT2D eigenvalue weighted by Crippen LogP contribution is -2.27. The van der Waals surface area contributed by atoms with Gasteiger partial charge in [-0.25, -0.2) is 9.78 Å². The first-order chi connectivity index (χ1) is 10.6. The Balaban J connectivity index is 1.71. The van der Waals surface area contributed by atoms with Gasteiger partial charge in [-0.15, -0.1) is 0 Å². The molecule has 1 aromatic carbocycles. The summed E-state index contributed by atoms with van der Waals surface area (Å²) in [7, 11) is 0. The number of carbonyl (C=O) groups is 2. The molecule has 112 valence electrons. The van der Waals surface area contributed by atoms with Gasteiger partial charge in [-0.2, -0.15) is 0 Å². The van der Waals surface area contributed by atoms with Crippen molar-refractivity contribution in [1.82, 2.24) is 10.3 Å². The smallest absolute Gasteiger partial charge is 0.321 e. The lowest BCUT2D eigenvalue weighted by Gasteiger charge is -2.14. The van der Waals surface area contributed by atoms with Crippen LogP contribution in [0.1, 0.15) is 16.2 Å². The third-order valence-corrected chi connectivity index (χ3v) is 3.41. The van der Waals surface area contributed by atoms with Gasteiger partial charge >= 0.3 is 6.03 Å². The van der Waals surface area contributed by atoms with Crippen LogP contribution < -0.4 is 15.5 Å². The van der Waals surface area contributed by atoms with E-state index in [-0.39, 0.29) is 11.9 Å². The van der Waals surface area contributed by atoms with Gasteiger partial charge in [-0.3, -0.25) is 9.69 Å². The SMILES string of the molecule is Cc1cccc(C(=O)Nc2ccc(N3CCNC3=O)cc2)n1. The number of amides is 3. The van der Waals surface area contributed by atoms with Crippen LogP contribution in [0.2, 0.25) is 0 Å². The molecule has 1 fully saturated rings. The van der Waals surface area contributed by atoms with Gasteiger partial charge in [0.25, 0.3) is 5.91 Å². The van der Waals surface area contributed by atoms with E-state index >= 15 is 0 Å². The van der Waals surface area contributed by atoms with Crippen molar-refractivity contribution in [1.29, 1.82) is 0 Å². The number of nitrogens with one attached hydrogen (secondary N) is 2. The van der Waals surface area contributed by atoms with Crippen molar-refractivity contribution in [2.45, 2.75) is 6.92 Å². The van der Waals surface area contributed by atoms with Gasteiger partial charge < -0.3 is 10.6 Å². The van der Waals surface area contributed by atoms with E-state index in [1.165, 1.54) is 0 Å². The molecule has 0 bridgehead atoms. The minimum atomic E-state index is -0.254. The van der Waals surface area contributed by atoms with E-state index in [4.69, 9.17) is 0 Å². The number of carbonyl (C=O) groups excluding carboxylic acids is 2. The highest BCUT2D eigenvalue weighted by Crippen LogP contribution is 2.19. The zero-order valence-electron chi connectivity index (χ0n) is 12.2. The Hall–Kier alpha value is -2.89. The summed E-state index contributed by atoms with van der Waals surface area (Å²) in [5, 5.41) is 5.54. The maximum atomic E-state index is 12.1. The molecule has 2 N–H and O–H groups in total. The lowest BCUT2D eigenvalue weighted by molar-refractivity contribution is 0.102. The molecule has 2 heterocycles. The number of rotatable bonds is 3. The molecule has 6 nitrogen and oxygen atoms in total. The molecule has 1 saturated heterocycles. The van der Waals surface area contributed by atoms with Gasteiger partial charge in [0, 0.05) is 30.2 Å². The number of urea groups is 1. The summed E-state index contributed by atoms with van der Waals surface area (Å²) in [6.45, 7) is 3.14. The maximum absolute atomic E-state index is 12.1. The van der Waals surface area contributed by atoms with Crippen LogP contribution in [0.3, 0.4) is 0 Å². The van der Waals surface area contributed by atoms with Gasteiger partial charge in [0.15, 0.2) is 0 Å².